The molecule has 72 valence electrons. The fourth-order valence-electron chi connectivity index (χ4n) is 0.801. The summed E-state index contributed by atoms with van der Waals surface area (Å²) in [5.74, 6) is -0.00248. The minimum atomic E-state index is -4.41. The van der Waals surface area contributed by atoms with Crippen LogP contribution in [0.25, 0.3) is 0 Å². The molecule has 1 heterocycles. The summed E-state index contributed by atoms with van der Waals surface area (Å²) in [7, 11) is 0. The molecule has 0 aliphatic carbocycles. The fourth-order valence-corrected chi connectivity index (χ4v) is 0.801. The number of pyridine rings is 1. The zero-order valence-corrected chi connectivity index (χ0v) is 6.93. The van der Waals surface area contributed by atoms with Gasteiger partial charge in [0, 0.05) is 6.07 Å². The van der Waals surface area contributed by atoms with Gasteiger partial charge in [-0.2, -0.15) is 13.2 Å². The van der Waals surface area contributed by atoms with Gasteiger partial charge in [-0.05, 0) is 13.0 Å². The van der Waals surface area contributed by atoms with Gasteiger partial charge in [-0.3, -0.25) is 0 Å². The number of hydrogen-bond donors (Lipinski definition) is 0. The smallest absolute Gasteiger partial charge is 0.433 e. The van der Waals surface area contributed by atoms with E-state index in [0.29, 0.717) is 6.61 Å². The molecule has 0 aliphatic heterocycles. The first kappa shape index (κ1) is 9.83. The molecule has 0 spiro atoms. The third-order valence-corrected chi connectivity index (χ3v) is 1.31. The van der Waals surface area contributed by atoms with Crippen molar-refractivity contribution in [3.05, 3.63) is 23.9 Å². The molecule has 0 radical (unpaired) electrons. The van der Waals surface area contributed by atoms with Crippen LogP contribution in [0.4, 0.5) is 13.2 Å². The molecule has 0 aromatic carbocycles. The normalized spacial score (nSPS) is 11.4. The second kappa shape index (κ2) is 3.64. The summed E-state index contributed by atoms with van der Waals surface area (Å²) in [6, 6.07) is 3.56. The molecule has 0 saturated heterocycles. The summed E-state index contributed by atoms with van der Waals surface area (Å²) in [5.41, 5.74) is -0.932. The van der Waals surface area contributed by atoms with Crippen LogP contribution in [0.2, 0.25) is 0 Å². The largest absolute Gasteiger partial charge is 0.478 e. The molecule has 1 rings (SSSR count). The minimum absolute atomic E-state index is 0.00248. The van der Waals surface area contributed by atoms with E-state index in [0.717, 1.165) is 6.07 Å². The van der Waals surface area contributed by atoms with Gasteiger partial charge in [0.1, 0.15) is 5.69 Å². The summed E-state index contributed by atoms with van der Waals surface area (Å²) in [5, 5.41) is 0. The molecule has 0 unspecified atom stereocenters. The Morgan fingerprint density at radius 3 is 2.62 bits per heavy atom. The first-order valence-electron chi connectivity index (χ1n) is 3.71. The maximum atomic E-state index is 12.1. The fraction of sp³-hybridized carbons (Fsp3) is 0.375. The third kappa shape index (κ3) is 2.61. The average molecular weight is 191 g/mol. The van der Waals surface area contributed by atoms with Crippen LogP contribution < -0.4 is 4.74 Å². The number of hydrogen-bond acceptors (Lipinski definition) is 2. The highest BCUT2D eigenvalue weighted by Crippen LogP contribution is 2.28. The van der Waals surface area contributed by atoms with Crippen LogP contribution in [0.5, 0.6) is 5.88 Å². The van der Waals surface area contributed by atoms with Crippen molar-refractivity contribution < 1.29 is 17.9 Å². The molecular formula is C8H8F3NO. The van der Waals surface area contributed by atoms with Gasteiger partial charge in [0.05, 0.1) is 6.61 Å². The second-order valence-electron chi connectivity index (χ2n) is 2.29. The van der Waals surface area contributed by atoms with Gasteiger partial charge in [-0.1, -0.05) is 6.07 Å². The molecule has 0 bridgehead atoms. The van der Waals surface area contributed by atoms with Crippen molar-refractivity contribution in [2.45, 2.75) is 13.1 Å². The predicted octanol–water partition coefficient (Wildman–Crippen LogP) is 2.50. The van der Waals surface area contributed by atoms with Crippen molar-refractivity contribution in [1.82, 2.24) is 4.98 Å². The molecule has 0 atom stereocenters. The zero-order chi connectivity index (χ0) is 9.90. The van der Waals surface area contributed by atoms with Gasteiger partial charge < -0.3 is 4.74 Å². The standard InChI is InChI=1S/C8H8F3NO/c1-2-13-7-5-3-4-6(12-7)8(9,10)11/h3-5H,2H2,1H3. The number of nitrogens with zero attached hydrogens (tertiary/aromatic N) is 1. The Balaban J connectivity index is 2.92. The lowest BCUT2D eigenvalue weighted by molar-refractivity contribution is -0.141. The average Bonchev–Trinajstić information content (AvgIpc) is 2.04. The molecule has 1 aromatic rings. The molecule has 13 heavy (non-hydrogen) atoms. The lowest BCUT2D eigenvalue weighted by atomic mass is 10.3. The first-order valence-corrected chi connectivity index (χ1v) is 3.71. The summed E-state index contributed by atoms with van der Waals surface area (Å²) in [6.07, 6.45) is -4.41. The van der Waals surface area contributed by atoms with E-state index in [9.17, 15) is 13.2 Å². The number of alkyl halides is 3. The van der Waals surface area contributed by atoms with Gasteiger partial charge in [0.15, 0.2) is 0 Å². The highest BCUT2D eigenvalue weighted by atomic mass is 19.4. The monoisotopic (exact) mass is 191 g/mol. The number of rotatable bonds is 2. The van der Waals surface area contributed by atoms with Crippen molar-refractivity contribution in [1.29, 1.82) is 0 Å². The molecule has 0 aliphatic rings. The molecule has 1 aromatic heterocycles. The van der Waals surface area contributed by atoms with Gasteiger partial charge in [0.2, 0.25) is 5.88 Å². The van der Waals surface area contributed by atoms with E-state index in [1.54, 1.807) is 6.92 Å². The van der Waals surface area contributed by atoms with Gasteiger partial charge >= 0.3 is 6.18 Å². The maximum Gasteiger partial charge on any atom is 0.433 e. The summed E-state index contributed by atoms with van der Waals surface area (Å²) < 4.78 is 41.1. The van der Waals surface area contributed by atoms with Crippen LogP contribution in [0.3, 0.4) is 0 Å². The Labute approximate surface area is 73.4 Å². The van der Waals surface area contributed by atoms with Crippen LogP contribution in [-0.4, -0.2) is 11.6 Å². The highest BCUT2D eigenvalue weighted by molar-refractivity contribution is 5.17. The van der Waals surface area contributed by atoms with E-state index in [1.807, 2.05) is 0 Å². The topological polar surface area (TPSA) is 22.1 Å². The quantitative estimate of drug-likeness (QED) is 0.716. The first-order chi connectivity index (χ1) is 6.04. The molecule has 0 N–H and O–H groups in total. The Kier molecular flexibility index (Phi) is 2.75. The summed E-state index contributed by atoms with van der Waals surface area (Å²) >= 11 is 0. The van der Waals surface area contributed by atoms with E-state index in [-0.39, 0.29) is 5.88 Å². The predicted molar refractivity (Wildman–Crippen MR) is 40.4 cm³/mol. The molecule has 0 amide bonds. The summed E-state index contributed by atoms with van der Waals surface area (Å²) in [6.45, 7) is 1.98. The van der Waals surface area contributed by atoms with E-state index in [2.05, 4.69) is 4.98 Å². The van der Waals surface area contributed by atoms with Gasteiger partial charge in [-0.25, -0.2) is 4.98 Å². The van der Waals surface area contributed by atoms with Crippen molar-refractivity contribution in [3.63, 3.8) is 0 Å². The van der Waals surface area contributed by atoms with E-state index < -0.39 is 11.9 Å². The van der Waals surface area contributed by atoms with Gasteiger partial charge in [0.25, 0.3) is 0 Å². The number of aromatic nitrogens is 1. The highest BCUT2D eigenvalue weighted by Gasteiger charge is 2.32. The van der Waals surface area contributed by atoms with Crippen LogP contribution in [-0.2, 0) is 6.18 Å². The van der Waals surface area contributed by atoms with Crippen molar-refractivity contribution in [2.24, 2.45) is 0 Å². The summed E-state index contributed by atoms with van der Waals surface area (Å²) in [4.78, 5) is 3.29. The Hall–Kier alpha value is -1.26. The van der Waals surface area contributed by atoms with Crippen molar-refractivity contribution >= 4 is 0 Å². The number of halogens is 3. The van der Waals surface area contributed by atoms with Crippen LogP contribution in [0, 0.1) is 0 Å². The molecule has 2 nitrogen and oxygen atoms in total. The lowest BCUT2D eigenvalue weighted by Crippen LogP contribution is -2.08. The SMILES string of the molecule is CCOc1cccc(C(F)(F)F)n1. The Bertz CT molecular complexity index is 285. The van der Waals surface area contributed by atoms with Crippen LogP contribution >= 0.6 is 0 Å². The molecule has 0 saturated carbocycles. The second-order valence-corrected chi connectivity index (χ2v) is 2.29. The van der Waals surface area contributed by atoms with Crippen LogP contribution in [0.15, 0.2) is 18.2 Å². The third-order valence-electron chi connectivity index (χ3n) is 1.31. The Morgan fingerprint density at radius 2 is 2.08 bits per heavy atom. The molecule has 5 heteroatoms. The maximum absolute atomic E-state index is 12.1. The van der Waals surface area contributed by atoms with E-state index in [1.165, 1.54) is 12.1 Å². The minimum Gasteiger partial charge on any atom is -0.478 e. The van der Waals surface area contributed by atoms with E-state index in [4.69, 9.17) is 4.74 Å². The Morgan fingerprint density at radius 1 is 1.38 bits per heavy atom. The zero-order valence-electron chi connectivity index (χ0n) is 6.93. The van der Waals surface area contributed by atoms with Crippen molar-refractivity contribution in [2.75, 3.05) is 6.61 Å². The lowest BCUT2D eigenvalue weighted by Gasteiger charge is -2.07. The molecular weight excluding hydrogens is 183 g/mol. The van der Waals surface area contributed by atoms with Crippen LogP contribution in [0.1, 0.15) is 12.6 Å². The van der Waals surface area contributed by atoms with Crippen molar-refractivity contribution in [3.8, 4) is 5.88 Å². The molecule has 0 fully saturated rings. The van der Waals surface area contributed by atoms with Gasteiger partial charge in [-0.15, -0.1) is 0 Å². The number of ether oxygens (including phenoxy) is 1. The van der Waals surface area contributed by atoms with E-state index >= 15 is 0 Å².